The summed E-state index contributed by atoms with van der Waals surface area (Å²) in [5.41, 5.74) is 8.61. The van der Waals surface area contributed by atoms with Crippen LogP contribution in [0.4, 0.5) is 5.69 Å². The van der Waals surface area contributed by atoms with Gasteiger partial charge >= 0.3 is 0 Å². The lowest BCUT2D eigenvalue weighted by atomic mass is 10.1. The minimum atomic E-state index is 0.00704. The molecule has 0 aliphatic heterocycles. The highest BCUT2D eigenvalue weighted by molar-refractivity contribution is 5.76. The number of benzene rings is 2. The second-order valence-electron chi connectivity index (χ2n) is 5.75. The molecule has 4 nitrogen and oxygen atoms in total. The van der Waals surface area contributed by atoms with Crippen LogP contribution >= 0.6 is 0 Å². The van der Waals surface area contributed by atoms with Gasteiger partial charge in [-0.1, -0.05) is 36.4 Å². The quantitative estimate of drug-likeness (QED) is 0.771. The average Bonchev–Trinajstić information content (AvgIpc) is 2.53. The van der Waals surface area contributed by atoms with Gasteiger partial charge in [-0.2, -0.15) is 0 Å². The fourth-order valence-electron chi connectivity index (χ4n) is 2.31. The number of carbonyl (C=O) groups excluding carboxylic acids is 1. The molecule has 0 fully saturated rings. The van der Waals surface area contributed by atoms with Gasteiger partial charge in [-0.05, 0) is 38.0 Å². The Balaban J connectivity index is 1.86. The van der Waals surface area contributed by atoms with Crippen molar-refractivity contribution < 1.29 is 9.53 Å². The number of carbonyl (C=O) groups is 1. The smallest absolute Gasteiger partial charge is 0.220 e. The highest BCUT2D eigenvalue weighted by Gasteiger charge is 2.08. The van der Waals surface area contributed by atoms with E-state index in [4.69, 9.17) is 10.5 Å². The van der Waals surface area contributed by atoms with Crippen LogP contribution in [0.15, 0.2) is 48.5 Å². The Morgan fingerprint density at radius 2 is 1.74 bits per heavy atom. The third kappa shape index (κ3) is 5.33. The molecule has 0 saturated heterocycles. The van der Waals surface area contributed by atoms with Crippen LogP contribution in [0.1, 0.15) is 31.4 Å². The molecular formula is C19H24N2O2. The largest absolute Gasteiger partial charge is 0.491 e. The van der Waals surface area contributed by atoms with Crippen molar-refractivity contribution in [2.45, 2.75) is 39.3 Å². The molecule has 0 bridgehead atoms. The number of nitrogens with one attached hydrogen (secondary N) is 1. The molecule has 2 aromatic carbocycles. The average molecular weight is 312 g/mol. The Bertz CT molecular complexity index is 653. The molecule has 0 radical (unpaired) electrons. The van der Waals surface area contributed by atoms with E-state index in [-0.39, 0.29) is 12.0 Å². The number of para-hydroxylation sites is 2. The molecule has 0 saturated carbocycles. The van der Waals surface area contributed by atoms with Crippen LogP contribution < -0.4 is 15.8 Å². The van der Waals surface area contributed by atoms with E-state index in [1.807, 2.05) is 62.4 Å². The Kier molecular flexibility index (Phi) is 6.03. The van der Waals surface area contributed by atoms with Crippen molar-refractivity contribution in [2.75, 3.05) is 5.73 Å². The van der Waals surface area contributed by atoms with Crippen molar-refractivity contribution in [3.8, 4) is 5.75 Å². The van der Waals surface area contributed by atoms with E-state index in [9.17, 15) is 4.79 Å². The summed E-state index contributed by atoms with van der Waals surface area (Å²) in [6, 6.07) is 15.4. The van der Waals surface area contributed by atoms with Crippen molar-refractivity contribution in [1.29, 1.82) is 0 Å². The maximum Gasteiger partial charge on any atom is 0.220 e. The van der Waals surface area contributed by atoms with Gasteiger partial charge in [0.2, 0.25) is 5.91 Å². The zero-order chi connectivity index (χ0) is 16.7. The number of nitrogen functional groups attached to an aromatic ring is 1. The van der Waals surface area contributed by atoms with Gasteiger partial charge in [0.25, 0.3) is 0 Å². The van der Waals surface area contributed by atoms with Gasteiger partial charge in [0.05, 0.1) is 6.10 Å². The summed E-state index contributed by atoms with van der Waals surface area (Å²) in [7, 11) is 0. The normalized spacial score (nSPS) is 10.6. The number of hydrogen-bond donors (Lipinski definition) is 2. The zero-order valence-electron chi connectivity index (χ0n) is 13.7. The number of anilines is 1. The maximum atomic E-state index is 12.0. The highest BCUT2D eigenvalue weighted by atomic mass is 16.5. The number of rotatable bonds is 7. The fraction of sp³-hybridized carbons (Fsp3) is 0.316. The van der Waals surface area contributed by atoms with Gasteiger partial charge in [0.1, 0.15) is 5.75 Å². The summed E-state index contributed by atoms with van der Waals surface area (Å²) in [4.78, 5) is 12.0. The summed E-state index contributed by atoms with van der Waals surface area (Å²) >= 11 is 0. The van der Waals surface area contributed by atoms with E-state index in [1.54, 1.807) is 0 Å². The number of aryl methyl sites for hydroxylation is 1. The molecule has 1 amide bonds. The molecule has 122 valence electrons. The Labute approximate surface area is 137 Å². The molecule has 23 heavy (non-hydrogen) atoms. The lowest BCUT2D eigenvalue weighted by molar-refractivity contribution is -0.121. The number of amides is 1. The highest BCUT2D eigenvalue weighted by Crippen LogP contribution is 2.19. The lowest BCUT2D eigenvalue weighted by Crippen LogP contribution is -2.23. The summed E-state index contributed by atoms with van der Waals surface area (Å²) < 4.78 is 5.75. The first-order valence-electron chi connectivity index (χ1n) is 7.91. The van der Waals surface area contributed by atoms with E-state index in [2.05, 4.69) is 5.32 Å². The zero-order valence-corrected chi connectivity index (χ0v) is 13.7. The van der Waals surface area contributed by atoms with E-state index < -0.39 is 0 Å². The Morgan fingerprint density at radius 1 is 1.09 bits per heavy atom. The van der Waals surface area contributed by atoms with Crippen LogP contribution in [0, 0.1) is 0 Å². The van der Waals surface area contributed by atoms with Gasteiger partial charge < -0.3 is 15.8 Å². The number of nitrogens with two attached hydrogens (primary N) is 1. The SMILES string of the molecule is CC(C)Oc1ccccc1CNC(=O)CCc1ccccc1N. The van der Waals surface area contributed by atoms with Crippen molar-refractivity contribution in [2.24, 2.45) is 0 Å². The Morgan fingerprint density at radius 3 is 2.43 bits per heavy atom. The van der Waals surface area contributed by atoms with Crippen LogP contribution in [-0.4, -0.2) is 12.0 Å². The first-order valence-corrected chi connectivity index (χ1v) is 7.91. The van der Waals surface area contributed by atoms with Crippen molar-refractivity contribution in [1.82, 2.24) is 5.32 Å². The molecule has 0 aliphatic rings. The fourth-order valence-corrected chi connectivity index (χ4v) is 2.31. The third-order valence-electron chi connectivity index (χ3n) is 3.49. The molecule has 0 aromatic heterocycles. The van der Waals surface area contributed by atoms with Gasteiger partial charge in [0, 0.05) is 24.2 Å². The van der Waals surface area contributed by atoms with Gasteiger partial charge in [-0.15, -0.1) is 0 Å². The summed E-state index contributed by atoms with van der Waals surface area (Å²) in [6.07, 6.45) is 1.16. The molecule has 0 heterocycles. The molecule has 2 aromatic rings. The van der Waals surface area contributed by atoms with Crippen LogP contribution in [0.25, 0.3) is 0 Å². The summed E-state index contributed by atoms with van der Waals surface area (Å²) in [5.74, 6) is 0.822. The van der Waals surface area contributed by atoms with E-state index >= 15 is 0 Å². The predicted molar refractivity (Wildman–Crippen MR) is 93.2 cm³/mol. The minimum Gasteiger partial charge on any atom is -0.491 e. The predicted octanol–water partition coefficient (Wildman–Crippen LogP) is 3.31. The second kappa shape index (κ2) is 8.22. The maximum absolute atomic E-state index is 12.0. The number of ether oxygens (including phenoxy) is 1. The lowest BCUT2D eigenvalue weighted by Gasteiger charge is -2.14. The standard InChI is InChI=1S/C19H24N2O2/c1-14(2)23-18-10-6-4-8-16(18)13-21-19(22)12-11-15-7-3-5-9-17(15)20/h3-10,14H,11-13,20H2,1-2H3,(H,21,22). The van der Waals surface area contributed by atoms with Gasteiger partial charge in [0.15, 0.2) is 0 Å². The monoisotopic (exact) mass is 312 g/mol. The molecule has 0 unspecified atom stereocenters. The van der Waals surface area contributed by atoms with Crippen molar-refractivity contribution >= 4 is 11.6 Å². The minimum absolute atomic E-state index is 0.00704. The molecule has 0 aliphatic carbocycles. The number of hydrogen-bond acceptors (Lipinski definition) is 3. The summed E-state index contributed by atoms with van der Waals surface area (Å²) in [5, 5.41) is 2.94. The van der Waals surface area contributed by atoms with Crippen LogP contribution in [0.3, 0.4) is 0 Å². The van der Waals surface area contributed by atoms with E-state index in [1.165, 1.54) is 0 Å². The van der Waals surface area contributed by atoms with Gasteiger partial charge in [-0.25, -0.2) is 0 Å². The molecule has 0 atom stereocenters. The van der Waals surface area contributed by atoms with E-state index in [0.717, 1.165) is 22.6 Å². The third-order valence-corrected chi connectivity index (χ3v) is 3.49. The topological polar surface area (TPSA) is 64.3 Å². The van der Waals surface area contributed by atoms with Crippen LogP contribution in [0.2, 0.25) is 0 Å². The second-order valence-corrected chi connectivity index (χ2v) is 5.75. The van der Waals surface area contributed by atoms with Crippen molar-refractivity contribution in [3.05, 3.63) is 59.7 Å². The summed E-state index contributed by atoms with van der Waals surface area (Å²) in [6.45, 7) is 4.44. The van der Waals surface area contributed by atoms with Crippen molar-refractivity contribution in [3.63, 3.8) is 0 Å². The molecule has 2 rings (SSSR count). The Hall–Kier alpha value is -2.49. The van der Waals surface area contributed by atoms with Crippen LogP contribution in [0.5, 0.6) is 5.75 Å². The molecule has 0 spiro atoms. The van der Waals surface area contributed by atoms with E-state index in [0.29, 0.717) is 19.4 Å². The molecular weight excluding hydrogens is 288 g/mol. The van der Waals surface area contributed by atoms with Gasteiger partial charge in [-0.3, -0.25) is 4.79 Å². The first-order chi connectivity index (χ1) is 11.1. The van der Waals surface area contributed by atoms with Crippen LogP contribution in [-0.2, 0) is 17.8 Å². The molecule has 3 N–H and O–H groups in total. The first kappa shape index (κ1) is 16.9. The molecule has 4 heteroatoms.